The normalized spacial score (nSPS) is 24.9. The van der Waals surface area contributed by atoms with Gasteiger partial charge in [0.25, 0.3) is 0 Å². The fourth-order valence-electron chi connectivity index (χ4n) is 5.31. The first-order valence-corrected chi connectivity index (χ1v) is 11.0. The molecule has 1 heterocycles. The van der Waals surface area contributed by atoms with Gasteiger partial charge in [0, 0.05) is 52.9 Å². The highest BCUT2D eigenvalue weighted by atomic mass is 16.2. The summed E-state index contributed by atoms with van der Waals surface area (Å²) in [6.07, 6.45) is 12.2. The first kappa shape index (κ1) is 20.4. The maximum atomic E-state index is 12.7. The highest BCUT2D eigenvalue weighted by molar-refractivity contribution is 5.85. The largest absolute Gasteiger partial charge is 0.355 e. The summed E-state index contributed by atoms with van der Waals surface area (Å²) in [6, 6.07) is 1.32. The topological polar surface area (TPSA) is 60.0 Å². The minimum absolute atomic E-state index is 0.257. The number of rotatable bonds is 5. The minimum atomic E-state index is -0.257. The third kappa shape index (κ3) is 4.95. The van der Waals surface area contributed by atoms with Crippen LogP contribution in [0.15, 0.2) is 4.99 Å². The molecule has 0 radical (unpaired) electrons. The number of guanidine groups is 1. The summed E-state index contributed by atoms with van der Waals surface area (Å²) in [6.45, 7) is 3.08. The van der Waals surface area contributed by atoms with E-state index < -0.39 is 0 Å². The van der Waals surface area contributed by atoms with Crippen LogP contribution in [0.4, 0.5) is 0 Å². The summed E-state index contributed by atoms with van der Waals surface area (Å²) >= 11 is 0. The molecule has 0 aromatic heterocycles. The minimum Gasteiger partial charge on any atom is -0.355 e. The van der Waals surface area contributed by atoms with E-state index in [0.717, 1.165) is 37.7 Å². The predicted octanol–water partition coefficient (Wildman–Crippen LogP) is 2.21. The molecule has 6 heteroatoms. The third-order valence-corrected chi connectivity index (χ3v) is 6.95. The lowest BCUT2D eigenvalue weighted by molar-refractivity contribution is -0.138. The Bertz CT molecular complexity index is 513. The van der Waals surface area contributed by atoms with Gasteiger partial charge in [-0.25, -0.2) is 0 Å². The Hall–Kier alpha value is -1.30. The van der Waals surface area contributed by atoms with Crippen molar-refractivity contribution in [3.05, 3.63) is 0 Å². The Morgan fingerprint density at radius 1 is 1.07 bits per heavy atom. The van der Waals surface area contributed by atoms with Gasteiger partial charge in [0.2, 0.25) is 5.91 Å². The number of hydrogen-bond acceptors (Lipinski definition) is 3. The second-order valence-electron chi connectivity index (χ2n) is 9.01. The van der Waals surface area contributed by atoms with Gasteiger partial charge in [-0.05, 0) is 38.5 Å². The molecular formula is C21H39N5O. The van der Waals surface area contributed by atoms with E-state index in [1.165, 1.54) is 51.6 Å². The van der Waals surface area contributed by atoms with Gasteiger partial charge in [-0.15, -0.1) is 0 Å². The standard InChI is InChI=1S/C21H39N5O/c1-22-20(23-16-21(12-6-7-13-21)19(27)25(2)3)24-17-10-14-26(15-11-17)18-8-4-5-9-18/h17-18H,4-16H2,1-3H3,(H2,22,23,24). The van der Waals surface area contributed by atoms with Crippen LogP contribution in [0.5, 0.6) is 0 Å². The van der Waals surface area contributed by atoms with Gasteiger partial charge in [0.05, 0.1) is 5.41 Å². The molecule has 0 aromatic rings. The Balaban J connectivity index is 1.47. The summed E-state index contributed by atoms with van der Waals surface area (Å²) < 4.78 is 0. The van der Waals surface area contributed by atoms with Gasteiger partial charge in [-0.2, -0.15) is 0 Å². The highest BCUT2D eigenvalue weighted by Crippen LogP contribution is 2.38. The molecule has 27 heavy (non-hydrogen) atoms. The molecule has 1 aliphatic heterocycles. The Morgan fingerprint density at radius 2 is 1.70 bits per heavy atom. The molecule has 0 aromatic carbocycles. The van der Waals surface area contributed by atoms with E-state index in [-0.39, 0.29) is 11.3 Å². The summed E-state index contributed by atoms with van der Waals surface area (Å²) in [7, 11) is 5.57. The van der Waals surface area contributed by atoms with Gasteiger partial charge >= 0.3 is 0 Å². The maximum absolute atomic E-state index is 12.7. The molecule has 6 nitrogen and oxygen atoms in total. The molecule has 3 aliphatic rings. The molecule has 1 saturated heterocycles. The van der Waals surface area contributed by atoms with Crippen molar-refractivity contribution < 1.29 is 4.79 Å². The number of aliphatic imine (C=N–C) groups is 1. The summed E-state index contributed by atoms with van der Waals surface area (Å²) in [5.41, 5.74) is -0.257. The number of amides is 1. The second kappa shape index (κ2) is 9.26. The fraction of sp³-hybridized carbons (Fsp3) is 0.905. The second-order valence-corrected chi connectivity index (χ2v) is 9.01. The summed E-state index contributed by atoms with van der Waals surface area (Å²) in [5.74, 6) is 1.11. The Morgan fingerprint density at radius 3 is 2.26 bits per heavy atom. The van der Waals surface area contributed by atoms with Crippen molar-refractivity contribution in [2.45, 2.75) is 76.3 Å². The average Bonchev–Trinajstić information content (AvgIpc) is 3.37. The number of nitrogens with zero attached hydrogens (tertiary/aromatic N) is 3. The molecule has 2 N–H and O–H groups in total. The van der Waals surface area contributed by atoms with Crippen LogP contribution in [0.3, 0.4) is 0 Å². The van der Waals surface area contributed by atoms with Crippen LogP contribution in [0.1, 0.15) is 64.2 Å². The molecule has 3 rings (SSSR count). The molecular weight excluding hydrogens is 338 g/mol. The van der Waals surface area contributed by atoms with Gasteiger partial charge in [0.1, 0.15) is 0 Å². The monoisotopic (exact) mass is 377 g/mol. The van der Waals surface area contributed by atoms with E-state index in [1.807, 2.05) is 21.1 Å². The van der Waals surface area contributed by atoms with Crippen LogP contribution in [0, 0.1) is 5.41 Å². The number of carbonyl (C=O) groups excluding carboxylic acids is 1. The van der Waals surface area contributed by atoms with Crippen molar-refractivity contribution in [3.8, 4) is 0 Å². The zero-order chi connectivity index (χ0) is 19.3. The van der Waals surface area contributed by atoms with Gasteiger partial charge in [0.15, 0.2) is 5.96 Å². The van der Waals surface area contributed by atoms with E-state index in [2.05, 4.69) is 20.5 Å². The highest BCUT2D eigenvalue weighted by Gasteiger charge is 2.42. The van der Waals surface area contributed by atoms with E-state index in [9.17, 15) is 4.79 Å². The average molecular weight is 378 g/mol. The molecule has 3 fully saturated rings. The number of likely N-dealkylation sites (tertiary alicyclic amines) is 1. The van der Waals surface area contributed by atoms with Crippen molar-refractivity contribution >= 4 is 11.9 Å². The predicted molar refractivity (Wildman–Crippen MR) is 111 cm³/mol. The first-order chi connectivity index (χ1) is 13.0. The quantitative estimate of drug-likeness (QED) is 0.570. The van der Waals surface area contributed by atoms with Crippen molar-refractivity contribution in [2.75, 3.05) is 40.8 Å². The lowest BCUT2D eigenvalue weighted by Crippen LogP contribution is -2.53. The van der Waals surface area contributed by atoms with Gasteiger partial charge < -0.3 is 20.4 Å². The van der Waals surface area contributed by atoms with E-state index in [0.29, 0.717) is 12.6 Å². The van der Waals surface area contributed by atoms with E-state index in [4.69, 9.17) is 0 Å². The van der Waals surface area contributed by atoms with Gasteiger partial charge in [-0.1, -0.05) is 25.7 Å². The molecule has 154 valence electrons. The Kier molecular flexibility index (Phi) is 7.01. The van der Waals surface area contributed by atoms with Crippen LogP contribution >= 0.6 is 0 Å². The zero-order valence-corrected chi connectivity index (χ0v) is 17.6. The number of hydrogen-bond donors (Lipinski definition) is 2. The van der Waals surface area contributed by atoms with E-state index in [1.54, 1.807) is 4.90 Å². The molecule has 0 spiro atoms. The van der Waals surface area contributed by atoms with E-state index >= 15 is 0 Å². The molecule has 2 saturated carbocycles. The van der Waals surface area contributed by atoms with Crippen LogP contribution in [-0.4, -0.2) is 74.5 Å². The van der Waals surface area contributed by atoms with Crippen molar-refractivity contribution in [2.24, 2.45) is 10.4 Å². The van der Waals surface area contributed by atoms with Crippen LogP contribution in [-0.2, 0) is 4.79 Å². The maximum Gasteiger partial charge on any atom is 0.230 e. The number of piperidine rings is 1. The SMILES string of the molecule is CN=C(NCC1(C(=O)N(C)C)CCCC1)NC1CCN(C2CCCC2)CC1. The fourth-order valence-corrected chi connectivity index (χ4v) is 5.31. The van der Waals surface area contributed by atoms with Gasteiger partial charge in [-0.3, -0.25) is 9.79 Å². The summed E-state index contributed by atoms with van der Waals surface area (Å²) in [5, 5.41) is 7.09. The summed E-state index contributed by atoms with van der Waals surface area (Å²) in [4.78, 5) is 21.6. The van der Waals surface area contributed by atoms with Crippen LogP contribution in [0.25, 0.3) is 0 Å². The Labute approximate surface area is 165 Å². The molecule has 1 amide bonds. The van der Waals surface area contributed by atoms with Crippen molar-refractivity contribution in [1.82, 2.24) is 20.4 Å². The molecule has 0 bridgehead atoms. The lowest BCUT2D eigenvalue weighted by atomic mass is 9.84. The lowest BCUT2D eigenvalue weighted by Gasteiger charge is -2.37. The smallest absolute Gasteiger partial charge is 0.230 e. The number of nitrogens with one attached hydrogen (secondary N) is 2. The zero-order valence-electron chi connectivity index (χ0n) is 17.6. The van der Waals surface area contributed by atoms with Crippen molar-refractivity contribution in [3.63, 3.8) is 0 Å². The molecule has 0 unspecified atom stereocenters. The molecule has 0 atom stereocenters. The molecule has 2 aliphatic carbocycles. The van der Waals surface area contributed by atoms with Crippen molar-refractivity contribution in [1.29, 1.82) is 0 Å². The van der Waals surface area contributed by atoms with Crippen LogP contribution < -0.4 is 10.6 Å². The van der Waals surface area contributed by atoms with Crippen LogP contribution in [0.2, 0.25) is 0 Å². The third-order valence-electron chi connectivity index (χ3n) is 6.95. The number of carbonyl (C=O) groups is 1. The first-order valence-electron chi connectivity index (χ1n) is 11.0.